The second kappa shape index (κ2) is 10.2. The van der Waals surface area contributed by atoms with Gasteiger partial charge < -0.3 is 4.42 Å². The molecule has 2 heterocycles. The van der Waals surface area contributed by atoms with E-state index < -0.39 is 15.9 Å². The third-order valence-corrected chi connectivity index (χ3v) is 7.81. The maximum atomic E-state index is 12.4. The number of furan rings is 1. The van der Waals surface area contributed by atoms with Crippen LogP contribution in [-0.4, -0.2) is 20.2 Å². The van der Waals surface area contributed by atoms with E-state index in [1.165, 1.54) is 52.3 Å². The van der Waals surface area contributed by atoms with E-state index in [1.54, 1.807) is 24.3 Å². The molecular formula is C23H23N3O5S2. The molecule has 0 fully saturated rings. The second-order valence-electron chi connectivity index (χ2n) is 7.52. The van der Waals surface area contributed by atoms with Gasteiger partial charge in [0, 0.05) is 11.0 Å². The van der Waals surface area contributed by atoms with Gasteiger partial charge >= 0.3 is 0 Å². The molecule has 0 saturated heterocycles. The van der Waals surface area contributed by atoms with Crippen molar-refractivity contribution in [1.82, 2.24) is 15.6 Å². The minimum absolute atomic E-state index is 0.0526. The molecule has 0 saturated carbocycles. The van der Waals surface area contributed by atoms with Crippen molar-refractivity contribution in [3.63, 3.8) is 0 Å². The van der Waals surface area contributed by atoms with Crippen LogP contribution in [0.1, 0.15) is 44.3 Å². The molecule has 0 aliphatic heterocycles. The summed E-state index contributed by atoms with van der Waals surface area (Å²) in [5.41, 5.74) is 6.65. The number of fused-ring (bicyclic) bond motifs is 1. The average Bonchev–Trinajstić information content (AvgIpc) is 3.50. The van der Waals surface area contributed by atoms with E-state index in [9.17, 15) is 18.0 Å². The Morgan fingerprint density at radius 3 is 2.58 bits per heavy atom. The summed E-state index contributed by atoms with van der Waals surface area (Å²) in [7, 11) is -3.69. The molecule has 1 aromatic carbocycles. The Hall–Kier alpha value is -3.21. The van der Waals surface area contributed by atoms with Gasteiger partial charge in [-0.05, 0) is 73.2 Å². The first kappa shape index (κ1) is 23.0. The highest BCUT2D eigenvalue weighted by Crippen LogP contribution is 2.29. The predicted molar refractivity (Wildman–Crippen MR) is 125 cm³/mol. The summed E-state index contributed by atoms with van der Waals surface area (Å²) in [6, 6.07) is 11.3. The standard InChI is InChI=1S/C23H23N3O5S2/c27-22(25-26-23(28)21-14-17-4-1-2-6-20(17)32-21)12-9-16-7-10-19(11-8-16)33(29,30)24-15-18-5-3-13-31-18/h3,5,7-14,24H,1-2,4,6,15H2,(H,25,27)(H,26,28)/b12-9+. The molecule has 1 aliphatic carbocycles. The zero-order valence-electron chi connectivity index (χ0n) is 17.7. The highest BCUT2D eigenvalue weighted by molar-refractivity contribution is 7.89. The van der Waals surface area contributed by atoms with Crippen LogP contribution in [0.15, 0.2) is 64.1 Å². The minimum Gasteiger partial charge on any atom is -0.468 e. The van der Waals surface area contributed by atoms with Gasteiger partial charge in [-0.1, -0.05) is 12.1 Å². The Kier molecular flexibility index (Phi) is 7.07. The molecule has 0 spiro atoms. The molecule has 3 aromatic rings. The summed E-state index contributed by atoms with van der Waals surface area (Å²) in [5.74, 6) is -0.329. The van der Waals surface area contributed by atoms with Gasteiger partial charge in [0.1, 0.15) is 5.76 Å². The molecule has 2 aromatic heterocycles. The Morgan fingerprint density at radius 1 is 1.06 bits per heavy atom. The first-order valence-electron chi connectivity index (χ1n) is 10.4. The summed E-state index contributed by atoms with van der Waals surface area (Å²) in [6.07, 6.45) is 8.54. The van der Waals surface area contributed by atoms with E-state index in [4.69, 9.17) is 4.42 Å². The van der Waals surface area contributed by atoms with Gasteiger partial charge in [0.2, 0.25) is 10.0 Å². The maximum absolute atomic E-state index is 12.4. The highest BCUT2D eigenvalue weighted by Gasteiger charge is 2.17. The van der Waals surface area contributed by atoms with Gasteiger partial charge in [0.25, 0.3) is 11.8 Å². The Morgan fingerprint density at radius 2 is 1.85 bits per heavy atom. The quantitative estimate of drug-likeness (QED) is 0.351. The van der Waals surface area contributed by atoms with Crippen molar-refractivity contribution in [1.29, 1.82) is 0 Å². The van der Waals surface area contributed by atoms with Crippen LogP contribution in [0, 0.1) is 0 Å². The van der Waals surface area contributed by atoms with Gasteiger partial charge in [-0.3, -0.25) is 20.4 Å². The summed E-state index contributed by atoms with van der Waals surface area (Å²) in [4.78, 5) is 26.3. The highest BCUT2D eigenvalue weighted by atomic mass is 32.2. The summed E-state index contributed by atoms with van der Waals surface area (Å²) >= 11 is 1.47. The van der Waals surface area contributed by atoms with Crippen LogP contribution < -0.4 is 15.6 Å². The molecule has 8 nitrogen and oxygen atoms in total. The largest absolute Gasteiger partial charge is 0.468 e. The molecule has 0 radical (unpaired) electrons. The van der Waals surface area contributed by atoms with E-state index in [1.807, 2.05) is 6.07 Å². The van der Waals surface area contributed by atoms with Crippen molar-refractivity contribution in [2.45, 2.75) is 37.1 Å². The number of benzene rings is 1. The number of rotatable bonds is 7. The van der Waals surface area contributed by atoms with Crippen molar-refractivity contribution >= 4 is 39.3 Å². The van der Waals surface area contributed by atoms with Gasteiger partial charge in [-0.25, -0.2) is 13.1 Å². The number of carbonyl (C=O) groups excluding carboxylic acids is 2. The summed E-state index contributed by atoms with van der Waals surface area (Å²) in [5, 5.41) is 0. The number of sulfonamides is 1. The number of hydrogen-bond donors (Lipinski definition) is 3. The number of thiophene rings is 1. The maximum Gasteiger partial charge on any atom is 0.279 e. The number of hydrogen-bond acceptors (Lipinski definition) is 6. The van der Waals surface area contributed by atoms with Gasteiger partial charge in [-0.2, -0.15) is 0 Å². The molecular weight excluding hydrogens is 462 g/mol. The van der Waals surface area contributed by atoms with Crippen molar-refractivity contribution in [2.24, 2.45) is 0 Å². The molecule has 4 rings (SSSR count). The van der Waals surface area contributed by atoms with Gasteiger partial charge in [0.15, 0.2) is 0 Å². The minimum atomic E-state index is -3.69. The van der Waals surface area contributed by atoms with Crippen molar-refractivity contribution in [3.8, 4) is 0 Å². The monoisotopic (exact) mass is 485 g/mol. The first-order valence-corrected chi connectivity index (χ1v) is 12.7. The molecule has 3 N–H and O–H groups in total. The Labute approximate surface area is 195 Å². The van der Waals surface area contributed by atoms with Crippen LogP contribution in [0.3, 0.4) is 0 Å². The van der Waals surface area contributed by atoms with Crippen molar-refractivity contribution in [2.75, 3.05) is 0 Å². The zero-order valence-corrected chi connectivity index (χ0v) is 19.3. The SMILES string of the molecule is O=C(/C=C/c1ccc(S(=O)(=O)NCc2ccco2)cc1)NNC(=O)c1cc2c(s1)CCCC2. The van der Waals surface area contributed by atoms with Crippen LogP contribution in [0.5, 0.6) is 0 Å². The second-order valence-corrected chi connectivity index (χ2v) is 10.4. The number of hydrazine groups is 1. The lowest BCUT2D eigenvalue weighted by atomic mass is 9.99. The third-order valence-electron chi connectivity index (χ3n) is 5.15. The lowest BCUT2D eigenvalue weighted by molar-refractivity contribution is -0.117. The molecule has 172 valence electrons. The van der Waals surface area contributed by atoms with E-state index in [0.29, 0.717) is 16.2 Å². The van der Waals surface area contributed by atoms with Crippen LogP contribution in [0.25, 0.3) is 6.08 Å². The molecule has 2 amide bonds. The first-order chi connectivity index (χ1) is 15.9. The molecule has 1 aliphatic rings. The predicted octanol–water partition coefficient (Wildman–Crippen LogP) is 3.17. The summed E-state index contributed by atoms with van der Waals surface area (Å²) < 4.78 is 32.3. The molecule has 0 bridgehead atoms. The zero-order chi connectivity index (χ0) is 23.3. The van der Waals surface area contributed by atoms with E-state index in [2.05, 4.69) is 15.6 Å². The third kappa shape index (κ3) is 5.98. The van der Waals surface area contributed by atoms with Crippen LogP contribution in [0.4, 0.5) is 0 Å². The normalized spacial score (nSPS) is 13.6. The molecule has 10 heteroatoms. The van der Waals surface area contributed by atoms with E-state index in [0.717, 1.165) is 25.7 Å². The van der Waals surface area contributed by atoms with Gasteiger partial charge in [0.05, 0.1) is 22.6 Å². The fraction of sp³-hybridized carbons (Fsp3) is 0.217. The Balaban J connectivity index is 1.28. The number of aryl methyl sites for hydroxylation is 2. The lowest BCUT2D eigenvalue weighted by Gasteiger charge is -2.08. The van der Waals surface area contributed by atoms with E-state index in [-0.39, 0.29) is 17.3 Å². The van der Waals surface area contributed by atoms with Gasteiger partial charge in [-0.15, -0.1) is 11.3 Å². The topological polar surface area (TPSA) is 118 Å². The van der Waals surface area contributed by atoms with Crippen molar-refractivity contribution in [3.05, 3.63) is 81.4 Å². The van der Waals surface area contributed by atoms with Crippen LogP contribution >= 0.6 is 11.3 Å². The number of carbonyl (C=O) groups is 2. The van der Waals surface area contributed by atoms with Crippen LogP contribution in [0.2, 0.25) is 0 Å². The fourth-order valence-corrected chi connectivity index (χ4v) is 5.56. The summed E-state index contributed by atoms with van der Waals surface area (Å²) in [6.45, 7) is 0.0526. The fourth-order valence-electron chi connectivity index (χ4n) is 3.42. The van der Waals surface area contributed by atoms with E-state index >= 15 is 0 Å². The van der Waals surface area contributed by atoms with Crippen molar-refractivity contribution < 1.29 is 22.4 Å². The van der Waals surface area contributed by atoms with Crippen LogP contribution in [-0.2, 0) is 34.2 Å². The molecule has 33 heavy (non-hydrogen) atoms. The Bertz CT molecular complexity index is 1240. The number of nitrogens with one attached hydrogen (secondary N) is 3. The average molecular weight is 486 g/mol. The lowest BCUT2D eigenvalue weighted by Crippen LogP contribution is -2.40. The molecule has 0 unspecified atom stereocenters. The smallest absolute Gasteiger partial charge is 0.279 e. The number of amides is 2. The molecule has 0 atom stereocenters.